The zero-order chi connectivity index (χ0) is 15.8. The standard InChI is InChI=1S/C13H22N2O6/c1-6(16)14-5-8(18)10-9(15-7(2)17)11-12(19-10)21-13(3,4)20-11/h8-12,18H,5H2,1-4H3,(H,14,16)(H,15,17)/t8-,9-,10+,11-,12-/m0/s1. The highest BCUT2D eigenvalue weighted by Crippen LogP contribution is 2.38. The molecular formula is C13H22N2O6. The predicted octanol–water partition coefficient (Wildman–Crippen LogP) is -1.14. The molecule has 21 heavy (non-hydrogen) atoms. The van der Waals surface area contributed by atoms with Crippen LogP contribution in [-0.4, -0.2) is 59.9 Å². The number of aliphatic hydroxyl groups is 1. The molecule has 2 rings (SSSR count). The van der Waals surface area contributed by atoms with E-state index in [4.69, 9.17) is 14.2 Å². The zero-order valence-corrected chi connectivity index (χ0v) is 12.6. The Morgan fingerprint density at radius 1 is 1.24 bits per heavy atom. The number of aliphatic hydroxyl groups excluding tert-OH is 1. The van der Waals surface area contributed by atoms with Crippen LogP contribution in [0.25, 0.3) is 0 Å². The molecule has 0 aromatic carbocycles. The fraction of sp³-hybridized carbons (Fsp3) is 0.846. The van der Waals surface area contributed by atoms with Crippen molar-refractivity contribution in [1.29, 1.82) is 0 Å². The Morgan fingerprint density at radius 3 is 2.48 bits per heavy atom. The van der Waals surface area contributed by atoms with Gasteiger partial charge in [-0.1, -0.05) is 0 Å². The number of ether oxygens (including phenoxy) is 3. The molecule has 0 spiro atoms. The van der Waals surface area contributed by atoms with Crippen molar-refractivity contribution >= 4 is 11.8 Å². The van der Waals surface area contributed by atoms with E-state index >= 15 is 0 Å². The Labute approximate surface area is 123 Å². The van der Waals surface area contributed by atoms with Gasteiger partial charge in [0.15, 0.2) is 12.1 Å². The first-order valence-electron chi connectivity index (χ1n) is 6.90. The van der Waals surface area contributed by atoms with E-state index in [0.29, 0.717) is 0 Å². The second-order valence-corrected chi connectivity index (χ2v) is 5.80. The van der Waals surface area contributed by atoms with Gasteiger partial charge in [0.05, 0.1) is 12.1 Å². The summed E-state index contributed by atoms with van der Waals surface area (Å²) in [5.41, 5.74) is 0. The Balaban J connectivity index is 2.07. The van der Waals surface area contributed by atoms with E-state index in [1.54, 1.807) is 13.8 Å². The highest BCUT2D eigenvalue weighted by molar-refractivity contribution is 5.73. The molecule has 8 nitrogen and oxygen atoms in total. The van der Waals surface area contributed by atoms with Crippen LogP contribution in [0.1, 0.15) is 27.7 Å². The van der Waals surface area contributed by atoms with Crippen molar-refractivity contribution in [1.82, 2.24) is 10.6 Å². The number of amides is 2. The number of hydrogen-bond acceptors (Lipinski definition) is 6. The Bertz CT molecular complexity index is 427. The number of hydrogen-bond donors (Lipinski definition) is 3. The zero-order valence-electron chi connectivity index (χ0n) is 12.6. The molecule has 120 valence electrons. The monoisotopic (exact) mass is 302 g/mol. The summed E-state index contributed by atoms with van der Waals surface area (Å²) in [7, 11) is 0. The van der Waals surface area contributed by atoms with Crippen molar-refractivity contribution < 1.29 is 28.9 Å². The largest absolute Gasteiger partial charge is 0.388 e. The summed E-state index contributed by atoms with van der Waals surface area (Å²) in [4.78, 5) is 22.3. The normalized spacial score (nSPS) is 35.1. The second-order valence-electron chi connectivity index (χ2n) is 5.80. The minimum Gasteiger partial charge on any atom is -0.388 e. The molecule has 2 aliphatic rings. The molecule has 2 saturated heterocycles. The molecule has 0 radical (unpaired) electrons. The van der Waals surface area contributed by atoms with Crippen LogP contribution in [0.2, 0.25) is 0 Å². The summed E-state index contributed by atoms with van der Waals surface area (Å²) in [6.45, 7) is 6.27. The Morgan fingerprint density at radius 2 is 1.90 bits per heavy atom. The lowest BCUT2D eigenvalue weighted by atomic mass is 10.0. The van der Waals surface area contributed by atoms with Gasteiger partial charge < -0.3 is 30.0 Å². The first-order valence-corrected chi connectivity index (χ1v) is 6.90. The fourth-order valence-corrected chi connectivity index (χ4v) is 2.63. The topological polar surface area (TPSA) is 106 Å². The molecule has 0 aromatic rings. The summed E-state index contributed by atoms with van der Waals surface area (Å²) in [6.07, 6.45) is -2.85. The van der Waals surface area contributed by atoms with Gasteiger partial charge in [-0.05, 0) is 13.8 Å². The molecule has 8 heteroatoms. The maximum Gasteiger partial charge on any atom is 0.217 e. The van der Waals surface area contributed by atoms with Crippen molar-refractivity contribution in [3.63, 3.8) is 0 Å². The maximum atomic E-state index is 11.4. The number of fused-ring (bicyclic) bond motifs is 1. The average molecular weight is 302 g/mol. The quantitative estimate of drug-likeness (QED) is 0.606. The van der Waals surface area contributed by atoms with E-state index in [0.717, 1.165) is 0 Å². The van der Waals surface area contributed by atoms with Gasteiger partial charge in [-0.3, -0.25) is 9.59 Å². The molecule has 0 unspecified atom stereocenters. The van der Waals surface area contributed by atoms with Crippen molar-refractivity contribution in [3.8, 4) is 0 Å². The minimum atomic E-state index is -0.980. The van der Waals surface area contributed by atoms with Crippen LogP contribution in [0.15, 0.2) is 0 Å². The van der Waals surface area contributed by atoms with Crippen molar-refractivity contribution in [3.05, 3.63) is 0 Å². The summed E-state index contributed by atoms with van der Waals surface area (Å²) in [6, 6.07) is -0.543. The third-order valence-electron chi connectivity index (χ3n) is 3.40. The summed E-state index contributed by atoms with van der Waals surface area (Å²) < 4.78 is 17.0. The van der Waals surface area contributed by atoms with Crippen molar-refractivity contribution in [2.75, 3.05) is 6.54 Å². The predicted molar refractivity (Wildman–Crippen MR) is 71.0 cm³/mol. The molecule has 5 atom stereocenters. The Hall–Kier alpha value is -1.22. The fourth-order valence-electron chi connectivity index (χ4n) is 2.63. The smallest absolute Gasteiger partial charge is 0.217 e. The molecule has 0 saturated carbocycles. The number of nitrogens with one attached hydrogen (secondary N) is 2. The van der Waals surface area contributed by atoms with E-state index in [1.807, 2.05) is 0 Å². The van der Waals surface area contributed by atoms with Crippen LogP contribution < -0.4 is 10.6 Å². The Kier molecular flexibility index (Phi) is 4.52. The lowest BCUT2D eigenvalue weighted by molar-refractivity contribution is -0.216. The highest BCUT2D eigenvalue weighted by atomic mass is 16.8. The van der Waals surface area contributed by atoms with E-state index < -0.39 is 36.4 Å². The van der Waals surface area contributed by atoms with Crippen LogP contribution in [0, 0.1) is 0 Å². The third-order valence-corrected chi connectivity index (χ3v) is 3.40. The molecule has 2 fully saturated rings. The summed E-state index contributed by atoms with van der Waals surface area (Å²) >= 11 is 0. The van der Waals surface area contributed by atoms with Crippen LogP contribution in [0.4, 0.5) is 0 Å². The van der Waals surface area contributed by atoms with E-state index in [1.165, 1.54) is 13.8 Å². The van der Waals surface area contributed by atoms with Gasteiger partial charge in [-0.15, -0.1) is 0 Å². The van der Waals surface area contributed by atoms with E-state index in [-0.39, 0.29) is 18.4 Å². The van der Waals surface area contributed by atoms with Gasteiger partial charge >= 0.3 is 0 Å². The molecule has 2 heterocycles. The second kappa shape index (κ2) is 5.88. The number of carbonyl (C=O) groups is 2. The summed E-state index contributed by atoms with van der Waals surface area (Å²) in [5, 5.41) is 15.4. The number of carbonyl (C=O) groups excluding carboxylic acids is 2. The van der Waals surface area contributed by atoms with Gasteiger partial charge in [0.2, 0.25) is 11.8 Å². The van der Waals surface area contributed by atoms with Gasteiger partial charge in [0.1, 0.15) is 12.2 Å². The maximum absolute atomic E-state index is 11.4. The van der Waals surface area contributed by atoms with Gasteiger partial charge in [0.25, 0.3) is 0 Å². The summed E-state index contributed by atoms with van der Waals surface area (Å²) in [5.74, 6) is -1.31. The molecule has 0 aromatic heterocycles. The molecule has 2 amide bonds. The lowest BCUT2D eigenvalue weighted by Crippen LogP contribution is -2.53. The minimum absolute atomic E-state index is 0.0267. The first-order chi connectivity index (χ1) is 9.69. The molecule has 0 bridgehead atoms. The highest BCUT2D eigenvalue weighted by Gasteiger charge is 2.56. The number of rotatable bonds is 4. The molecule has 3 N–H and O–H groups in total. The van der Waals surface area contributed by atoms with E-state index in [9.17, 15) is 14.7 Å². The van der Waals surface area contributed by atoms with Crippen LogP contribution >= 0.6 is 0 Å². The van der Waals surface area contributed by atoms with Crippen LogP contribution in [0.3, 0.4) is 0 Å². The SMILES string of the molecule is CC(=O)NC[C@H](O)[C@H]1O[C@H]2OC(C)(C)O[C@H]2[C@H]1NC(C)=O. The van der Waals surface area contributed by atoms with Crippen LogP contribution in [0.5, 0.6) is 0 Å². The first kappa shape index (κ1) is 16.2. The van der Waals surface area contributed by atoms with Gasteiger partial charge in [-0.2, -0.15) is 0 Å². The third kappa shape index (κ3) is 3.70. The van der Waals surface area contributed by atoms with Crippen molar-refractivity contribution in [2.45, 2.75) is 64.1 Å². The van der Waals surface area contributed by atoms with Gasteiger partial charge in [-0.25, -0.2) is 0 Å². The average Bonchev–Trinajstić information content (AvgIpc) is 2.79. The molecule has 0 aliphatic carbocycles. The van der Waals surface area contributed by atoms with Crippen molar-refractivity contribution in [2.24, 2.45) is 0 Å². The molecule has 2 aliphatic heterocycles. The van der Waals surface area contributed by atoms with E-state index in [2.05, 4.69) is 10.6 Å². The lowest BCUT2D eigenvalue weighted by Gasteiger charge is -2.28. The van der Waals surface area contributed by atoms with Crippen LogP contribution in [-0.2, 0) is 23.8 Å². The molecular weight excluding hydrogens is 280 g/mol. The van der Waals surface area contributed by atoms with Gasteiger partial charge in [0, 0.05) is 20.4 Å².